The van der Waals surface area contributed by atoms with Crippen LogP contribution in [0.4, 0.5) is 0 Å². The molecule has 23 heteroatoms. The normalized spacial score (nSPS) is 19.7. The van der Waals surface area contributed by atoms with Gasteiger partial charge < -0.3 is 19.8 Å². The van der Waals surface area contributed by atoms with Gasteiger partial charge in [-0.1, -0.05) is 11.8 Å². The smallest absolute Gasteiger partial charge is 0.735 e. The van der Waals surface area contributed by atoms with E-state index in [1.165, 1.54) is 18.1 Å². The van der Waals surface area contributed by atoms with Gasteiger partial charge in [0.05, 0.1) is 11.7 Å². The standard InChI is InChI=1S/C14H17N11O7S3.2Na/c26-8(3-24-5-15-20-23-24)17-9-11(27)25-10(13(28)29)6(4-33-12(9)25)7(1-2-16-35(30,31)32)34-14-18-21-22-19-14;;/h5,7,9,12,16H,1-4H2,(H,17,26)(H,28,29)(H,30,31,32)(H,18,19,21,22);;/q;2*+1/p-2/t7?,9?,12-;;/m0../s1. The van der Waals surface area contributed by atoms with E-state index in [1.54, 1.807) is 0 Å². The Kier molecular flexibility index (Phi) is 11.9. The molecule has 3 atom stereocenters. The zero-order chi connectivity index (χ0) is 25.2. The Balaban J connectivity index is 0.00000241. The average Bonchev–Trinajstić information content (AvgIpc) is 3.49. The first-order valence-corrected chi connectivity index (χ1v) is 13.0. The third kappa shape index (κ3) is 7.94. The quantitative estimate of drug-likeness (QED) is 0.0948. The number of amides is 2. The minimum Gasteiger partial charge on any atom is -0.735 e. The zero-order valence-corrected chi connectivity index (χ0v) is 25.7. The van der Waals surface area contributed by atoms with Crippen molar-refractivity contribution in [1.29, 1.82) is 0 Å². The second-order valence-electron chi connectivity index (χ2n) is 7.06. The molecule has 0 bridgehead atoms. The maximum absolute atomic E-state index is 12.8. The molecule has 1 saturated heterocycles. The largest absolute Gasteiger partial charge is 1.00 e. The fourth-order valence-electron chi connectivity index (χ4n) is 3.45. The Morgan fingerprint density at radius 2 is 2.11 bits per heavy atom. The van der Waals surface area contributed by atoms with Crippen LogP contribution in [-0.4, -0.2) is 105 Å². The number of rotatable bonds is 11. The number of carboxylic acid groups (broad SMARTS) is 1. The number of fused-ring (bicyclic) bond motifs is 1. The molecular weight excluding hydrogens is 576 g/mol. The maximum Gasteiger partial charge on any atom is 1.00 e. The summed E-state index contributed by atoms with van der Waals surface area (Å²) in [6.45, 7) is -0.537. The van der Waals surface area contributed by atoms with E-state index in [-0.39, 0.29) is 95.1 Å². The van der Waals surface area contributed by atoms with Gasteiger partial charge in [-0.15, -0.1) is 27.1 Å². The van der Waals surface area contributed by atoms with Crippen LogP contribution in [0.1, 0.15) is 6.42 Å². The Morgan fingerprint density at radius 1 is 1.35 bits per heavy atom. The molecule has 2 aromatic heterocycles. The molecule has 2 aromatic rings. The fraction of sp³-hybridized carbons (Fsp3) is 0.500. The van der Waals surface area contributed by atoms with E-state index in [9.17, 15) is 32.5 Å². The van der Waals surface area contributed by atoms with Crippen LogP contribution >= 0.6 is 23.5 Å². The van der Waals surface area contributed by atoms with Crippen molar-refractivity contribution in [3.63, 3.8) is 0 Å². The summed E-state index contributed by atoms with van der Waals surface area (Å²) in [5.41, 5.74) is -0.145. The van der Waals surface area contributed by atoms with Crippen molar-refractivity contribution in [2.45, 2.75) is 34.8 Å². The number of aromatic amines is 1. The molecule has 2 amide bonds. The van der Waals surface area contributed by atoms with Gasteiger partial charge in [0, 0.05) is 17.5 Å². The van der Waals surface area contributed by atoms with Gasteiger partial charge in [-0.05, 0) is 27.6 Å². The number of tetrazole rings is 2. The zero-order valence-electron chi connectivity index (χ0n) is 19.3. The Hall–Kier alpha value is -1.14. The molecule has 188 valence electrons. The van der Waals surface area contributed by atoms with Gasteiger partial charge in [-0.2, -0.15) is 5.21 Å². The van der Waals surface area contributed by atoms with Crippen molar-refractivity contribution in [3.05, 3.63) is 17.6 Å². The summed E-state index contributed by atoms with van der Waals surface area (Å²) in [4.78, 5) is 38.2. The molecule has 0 saturated carbocycles. The number of nitrogens with zero attached hydrogens (tertiary/aromatic N) is 8. The summed E-state index contributed by atoms with van der Waals surface area (Å²) in [5.74, 6) is -2.72. The van der Waals surface area contributed by atoms with Crippen LogP contribution in [0.5, 0.6) is 0 Å². The van der Waals surface area contributed by atoms with E-state index in [1.807, 2.05) is 4.72 Å². The maximum atomic E-state index is 12.8. The predicted molar refractivity (Wildman–Crippen MR) is 111 cm³/mol. The molecule has 0 aliphatic carbocycles. The van der Waals surface area contributed by atoms with Crippen molar-refractivity contribution in [2.75, 3.05) is 12.3 Å². The third-order valence-corrected chi connectivity index (χ3v) is 7.90. The third-order valence-electron chi connectivity index (χ3n) is 4.85. The van der Waals surface area contributed by atoms with Gasteiger partial charge in [0.2, 0.25) is 11.1 Å². The number of carbonyl (C=O) groups is 3. The van der Waals surface area contributed by atoms with Crippen LogP contribution in [0.15, 0.2) is 22.8 Å². The van der Waals surface area contributed by atoms with Crippen molar-refractivity contribution >= 4 is 51.6 Å². The van der Waals surface area contributed by atoms with Crippen molar-refractivity contribution in [2.24, 2.45) is 0 Å². The molecule has 4 heterocycles. The van der Waals surface area contributed by atoms with E-state index in [4.69, 9.17) is 0 Å². The molecule has 18 nitrogen and oxygen atoms in total. The monoisotopic (exact) mass is 591 g/mol. The van der Waals surface area contributed by atoms with Crippen molar-refractivity contribution in [3.8, 4) is 0 Å². The number of aliphatic carboxylic acids is 1. The molecule has 0 radical (unpaired) electrons. The SMILES string of the molecule is O=C(Cn1cnnn1)NC1C(=O)N2C(C(=O)[O-])=C(C(CCNS(=O)(=O)[O-])Sc3nn[nH]n3)CS[C@@H]12.[Na+].[Na+]. The minimum atomic E-state index is -4.72. The Bertz CT molecular complexity index is 1250. The number of aromatic nitrogens is 8. The number of hydrogen-bond donors (Lipinski definition) is 3. The number of carboxylic acids is 1. The molecule has 2 unspecified atom stereocenters. The van der Waals surface area contributed by atoms with Crippen LogP contribution < -0.4 is 74.3 Å². The summed E-state index contributed by atoms with van der Waals surface area (Å²) in [6.07, 6.45) is 1.20. The van der Waals surface area contributed by atoms with Crippen LogP contribution in [0.2, 0.25) is 0 Å². The van der Waals surface area contributed by atoms with E-state index < -0.39 is 50.5 Å². The van der Waals surface area contributed by atoms with Gasteiger partial charge in [-0.3, -0.25) is 14.5 Å². The van der Waals surface area contributed by atoms with E-state index >= 15 is 0 Å². The second kappa shape index (κ2) is 13.8. The Morgan fingerprint density at radius 3 is 2.70 bits per heavy atom. The molecule has 37 heavy (non-hydrogen) atoms. The summed E-state index contributed by atoms with van der Waals surface area (Å²) in [6, 6.07) is -0.976. The number of carbonyl (C=O) groups excluding carboxylic acids is 3. The Labute approximate surface area is 261 Å². The summed E-state index contributed by atoms with van der Waals surface area (Å²) in [5, 5.41) is 36.9. The second-order valence-corrected chi connectivity index (χ2v) is 10.5. The van der Waals surface area contributed by atoms with Crippen molar-refractivity contribution in [1.82, 2.24) is 55.8 Å². The average molecular weight is 592 g/mol. The predicted octanol–water partition coefficient (Wildman–Crippen LogP) is -10.8. The first-order valence-electron chi connectivity index (χ1n) is 9.64. The first-order chi connectivity index (χ1) is 16.6. The molecule has 1 fully saturated rings. The van der Waals surface area contributed by atoms with Crippen molar-refractivity contribution < 1.29 is 91.6 Å². The van der Waals surface area contributed by atoms with E-state index in [0.29, 0.717) is 0 Å². The van der Waals surface area contributed by atoms with Gasteiger partial charge in [0.1, 0.15) is 24.3 Å². The summed E-state index contributed by atoms with van der Waals surface area (Å²) < 4.78 is 35.7. The van der Waals surface area contributed by atoms with Gasteiger partial charge in [0.15, 0.2) is 10.3 Å². The number of nitrogens with one attached hydrogen (secondary N) is 3. The molecule has 3 N–H and O–H groups in total. The summed E-state index contributed by atoms with van der Waals surface area (Å²) >= 11 is 2.17. The fourth-order valence-corrected chi connectivity index (χ4v) is 6.35. The van der Waals surface area contributed by atoms with E-state index in [2.05, 4.69) is 41.5 Å². The van der Waals surface area contributed by atoms with Gasteiger partial charge in [0.25, 0.3) is 5.91 Å². The molecule has 0 spiro atoms. The van der Waals surface area contributed by atoms with Crippen LogP contribution in [0.25, 0.3) is 0 Å². The van der Waals surface area contributed by atoms with Crippen LogP contribution in [0, 0.1) is 0 Å². The first kappa shape index (κ1) is 32.1. The topological polar surface area (TPSA) is 257 Å². The summed E-state index contributed by atoms with van der Waals surface area (Å²) in [7, 11) is -4.72. The van der Waals surface area contributed by atoms with Gasteiger partial charge in [-0.25, -0.2) is 17.8 Å². The van der Waals surface area contributed by atoms with Crippen LogP contribution in [0.3, 0.4) is 0 Å². The molecule has 4 rings (SSSR count). The minimum absolute atomic E-state index is 0. The molecule has 2 aliphatic rings. The molecule has 2 aliphatic heterocycles. The number of thioether (sulfide) groups is 2. The van der Waals surface area contributed by atoms with E-state index in [0.717, 1.165) is 21.3 Å². The number of β-lactam (4-membered cyclic amide) rings is 1. The molecular formula is C14H15N11Na2O7S3. The molecule has 0 aromatic carbocycles. The van der Waals surface area contributed by atoms with Gasteiger partial charge >= 0.3 is 59.1 Å². The number of H-pyrrole nitrogens is 1. The van der Waals surface area contributed by atoms with Crippen LogP contribution in [-0.2, 0) is 31.2 Å². The number of hydrogen-bond acceptors (Lipinski definition) is 15.